The maximum Gasteiger partial charge on any atom is 0.130 e. The largest absolute Gasteiger partial charge is 0.389 e. The van der Waals surface area contributed by atoms with Crippen LogP contribution in [0.5, 0.6) is 0 Å². The van der Waals surface area contributed by atoms with Crippen LogP contribution in [0.3, 0.4) is 0 Å². The quantitative estimate of drug-likeness (QED) is 0.769. The van der Waals surface area contributed by atoms with Crippen molar-refractivity contribution in [2.24, 2.45) is 5.41 Å². The van der Waals surface area contributed by atoms with E-state index < -0.39 is 6.10 Å². The Morgan fingerprint density at radius 1 is 1.31 bits per heavy atom. The molecular formula is C14H17FO. The Balaban J connectivity index is 2.38. The van der Waals surface area contributed by atoms with Crippen LogP contribution in [-0.4, -0.2) is 11.2 Å². The molecule has 0 radical (unpaired) electrons. The Hall–Kier alpha value is -1.15. The summed E-state index contributed by atoms with van der Waals surface area (Å²) in [4.78, 5) is 0. The summed E-state index contributed by atoms with van der Waals surface area (Å²) in [5.74, 6) is -0.210. The second-order valence-corrected chi connectivity index (χ2v) is 5.28. The van der Waals surface area contributed by atoms with Crippen molar-refractivity contribution in [2.75, 3.05) is 0 Å². The average Bonchev–Trinajstić information content (AvgIpc) is 2.15. The van der Waals surface area contributed by atoms with Gasteiger partial charge in [-0.3, -0.25) is 0 Å². The summed E-state index contributed by atoms with van der Waals surface area (Å²) in [6.45, 7) is 4.20. The van der Waals surface area contributed by atoms with Crippen molar-refractivity contribution in [3.05, 3.63) is 41.7 Å². The fourth-order valence-electron chi connectivity index (χ4n) is 2.41. The zero-order valence-electron chi connectivity index (χ0n) is 9.70. The van der Waals surface area contributed by atoms with Crippen molar-refractivity contribution in [3.8, 4) is 0 Å². The van der Waals surface area contributed by atoms with E-state index in [4.69, 9.17) is 0 Å². The lowest BCUT2D eigenvalue weighted by Crippen LogP contribution is -2.24. The fourth-order valence-corrected chi connectivity index (χ4v) is 2.41. The molecule has 0 saturated heterocycles. The first-order valence-electron chi connectivity index (χ1n) is 5.62. The van der Waals surface area contributed by atoms with Crippen LogP contribution < -0.4 is 0 Å². The van der Waals surface area contributed by atoms with Crippen LogP contribution in [0.25, 0.3) is 5.57 Å². The summed E-state index contributed by atoms with van der Waals surface area (Å²) in [5.41, 5.74) is 1.57. The first-order valence-corrected chi connectivity index (χ1v) is 5.62. The lowest BCUT2D eigenvalue weighted by Gasteiger charge is -2.32. The predicted molar refractivity (Wildman–Crippen MR) is 63.4 cm³/mol. The van der Waals surface area contributed by atoms with Gasteiger partial charge in [-0.25, -0.2) is 4.39 Å². The summed E-state index contributed by atoms with van der Waals surface area (Å²) in [5, 5.41) is 9.77. The minimum Gasteiger partial charge on any atom is -0.389 e. The van der Waals surface area contributed by atoms with Crippen LogP contribution in [-0.2, 0) is 0 Å². The van der Waals surface area contributed by atoms with Crippen LogP contribution in [0.4, 0.5) is 4.39 Å². The summed E-state index contributed by atoms with van der Waals surface area (Å²) < 4.78 is 13.6. The van der Waals surface area contributed by atoms with Crippen molar-refractivity contribution >= 4 is 5.57 Å². The molecule has 86 valence electrons. The molecule has 0 saturated carbocycles. The van der Waals surface area contributed by atoms with Crippen molar-refractivity contribution in [2.45, 2.75) is 32.8 Å². The third-order valence-electron chi connectivity index (χ3n) is 3.04. The molecule has 1 nitrogen and oxygen atoms in total. The lowest BCUT2D eigenvalue weighted by molar-refractivity contribution is 0.146. The molecule has 0 aromatic heterocycles. The number of aliphatic hydroxyl groups is 1. The van der Waals surface area contributed by atoms with E-state index in [1.165, 1.54) is 6.07 Å². The van der Waals surface area contributed by atoms with Crippen LogP contribution >= 0.6 is 0 Å². The van der Waals surface area contributed by atoms with Gasteiger partial charge in [0.25, 0.3) is 0 Å². The van der Waals surface area contributed by atoms with Gasteiger partial charge < -0.3 is 5.11 Å². The van der Waals surface area contributed by atoms with Crippen molar-refractivity contribution < 1.29 is 9.50 Å². The maximum atomic E-state index is 13.6. The van der Waals surface area contributed by atoms with E-state index in [2.05, 4.69) is 13.8 Å². The highest BCUT2D eigenvalue weighted by Crippen LogP contribution is 2.39. The number of aliphatic hydroxyl groups excluding tert-OH is 1. The number of benzene rings is 1. The molecule has 0 heterocycles. The molecule has 2 rings (SSSR count). The van der Waals surface area contributed by atoms with E-state index in [0.29, 0.717) is 5.56 Å². The van der Waals surface area contributed by atoms with Gasteiger partial charge in [0.1, 0.15) is 5.82 Å². The molecule has 1 aliphatic carbocycles. The monoisotopic (exact) mass is 220 g/mol. The molecule has 1 atom stereocenters. The number of halogens is 1. The Kier molecular flexibility index (Phi) is 2.85. The fraction of sp³-hybridized carbons (Fsp3) is 0.429. The Morgan fingerprint density at radius 2 is 2.00 bits per heavy atom. The van der Waals surface area contributed by atoms with Crippen LogP contribution in [0.15, 0.2) is 30.3 Å². The highest BCUT2D eigenvalue weighted by molar-refractivity contribution is 5.67. The summed E-state index contributed by atoms with van der Waals surface area (Å²) in [6, 6.07) is 6.75. The first-order chi connectivity index (χ1) is 7.48. The highest BCUT2D eigenvalue weighted by Gasteiger charge is 2.28. The van der Waals surface area contributed by atoms with E-state index in [9.17, 15) is 9.50 Å². The number of hydrogen-bond acceptors (Lipinski definition) is 1. The van der Waals surface area contributed by atoms with Crippen molar-refractivity contribution in [1.82, 2.24) is 0 Å². The minimum absolute atomic E-state index is 0.0335. The summed E-state index contributed by atoms with van der Waals surface area (Å²) in [6.07, 6.45) is 2.87. The zero-order chi connectivity index (χ0) is 11.8. The van der Waals surface area contributed by atoms with Crippen LogP contribution in [0.2, 0.25) is 0 Å². The van der Waals surface area contributed by atoms with E-state index >= 15 is 0 Å². The molecular weight excluding hydrogens is 203 g/mol. The second-order valence-electron chi connectivity index (χ2n) is 5.28. The van der Waals surface area contributed by atoms with Gasteiger partial charge in [0, 0.05) is 5.56 Å². The van der Waals surface area contributed by atoms with E-state index in [0.717, 1.165) is 18.4 Å². The van der Waals surface area contributed by atoms with Crippen molar-refractivity contribution in [1.29, 1.82) is 0 Å². The second kappa shape index (κ2) is 4.02. The molecule has 1 N–H and O–H groups in total. The SMILES string of the molecule is CC1(C)CC(c2ccccc2F)=CC(O)C1. The third kappa shape index (κ3) is 2.33. The standard InChI is InChI=1S/C14H17FO/c1-14(2)8-10(7-11(16)9-14)12-5-3-4-6-13(12)15/h3-7,11,16H,8-9H2,1-2H3. The molecule has 1 aromatic rings. The maximum absolute atomic E-state index is 13.6. The highest BCUT2D eigenvalue weighted by atomic mass is 19.1. The summed E-state index contributed by atoms with van der Waals surface area (Å²) >= 11 is 0. The molecule has 1 unspecified atom stereocenters. The van der Waals surface area contributed by atoms with Crippen LogP contribution in [0.1, 0.15) is 32.3 Å². The molecule has 0 aliphatic heterocycles. The van der Waals surface area contributed by atoms with Gasteiger partial charge in [-0.2, -0.15) is 0 Å². The first kappa shape index (κ1) is 11.3. The van der Waals surface area contributed by atoms with Gasteiger partial charge in [-0.05, 0) is 29.9 Å². The smallest absolute Gasteiger partial charge is 0.130 e. The number of rotatable bonds is 1. The third-order valence-corrected chi connectivity index (χ3v) is 3.04. The molecule has 1 aromatic carbocycles. The lowest BCUT2D eigenvalue weighted by atomic mass is 9.74. The molecule has 0 spiro atoms. The minimum atomic E-state index is -0.460. The molecule has 0 bridgehead atoms. The van der Waals surface area contributed by atoms with Gasteiger partial charge in [0.2, 0.25) is 0 Å². The van der Waals surface area contributed by atoms with Crippen molar-refractivity contribution in [3.63, 3.8) is 0 Å². The average molecular weight is 220 g/mol. The van der Waals surface area contributed by atoms with E-state index in [-0.39, 0.29) is 11.2 Å². The van der Waals surface area contributed by atoms with Gasteiger partial charge in [0.05, 0.1) is 6.10 Å². The van der Waals surface area contributed by atoms with Gasteiger partial charge >= 0.3 is 0 Å². The summed E-state index contributed by atoms with van der Waals surface area (Å²) in [7, 11) is 0. The van der Waals surface area contributed by atoms with Gasteiger partial charge in [-0.15, -0.1) is 0 Å². The topological polar surface area (TPSA) is 20.2 Å². The van der Waals surface area contributed by atoms with Crippen LogP contribution in [0, 0.1) is 11.2 Å². The van der Waals surface area contributed by atoms with Gasteiger partial charge in [-0.1, -0.05) is 38.1 Å². The molecule has 0 fully saturated rings. The zero-order valence-corrected chi connectivity index (χ0v) is 9.70. The predicted octanol–water partition coefficient (Wildman–Crippen LogP) is 3.39. The van der Waals surface area contributed by atoms with Gasteiger partial charge in [0.15, 0.2) is 0 Å². The number of hydrogen-bond donors (Lipinski definition) is 1. The Bertz CT molecular complexity index is 420. The van der Waals surface area contributed by atoms with E-state index in [1.54, 1.807) is 18.2 Å². The molecule has 2 heteroatoms. The molecule has 0 amide bonds. The van der Waals surface area contributed by atoms with E-state index in [1.807, 2.05) is 6.07 Å². The Morgan fingerprint density at radius 3 is 2.62 bits per heavy atom. The molecule has 1 aliphatic rings. The molecule has 16 heavy (non-hydrogen) atoms. The number of allylic oxidation sites excluding steroid dienone is 1. The normalized spacial score (nSPS) is 24.0. The Labute approximate surface area is 95.6 Å².